The van der Waals surface area contributed by atoms with E-state index in [1.807, 2.05) is 36.1 Å². The smallest absolute Gasteiger partial charge is 0.257 e. The summed E-state index contributed by atoms with van der Waals surface area (Å²) in [7, 11) is 0. The third-order valence-corrected chi connectivity index (χ3v) is 7.59. The number of aromatic nitrogens is 2. The Morgan fingerprint density at radius 2 is 1.92 bits per heavy atom. The monoisotopic (exact) mass is 518 g/mol. The van der Waals surface area contributed by atoms with E-state index in [2.05, 4.69) is 21.8 Å². The Labute approximate surface area is 214 Å². The summed E-state index contributed by atoms with van der Waals surface area (Å²) in [5.74, 6) is -2.66. The second-order valence-electron chi connectivity index (χ2n) is 10.1. The van der Waals surface area contributed by atoms with E-state index in [-0.39, 0.29) is 30.6 Å². The van der Waals surface area contributed by atoms with Crippen LogP contribution in [0.25, 0.3) is 10.9 Å². The highest BCUT2D eigenvalue weighted by atomic mass is 35.5. The van der Waals surface area contributed by atoms with Gasteiger partial charge in [-0.2, -0.15) is 0 Å². The summed E-state index contributed by atoms with van der Waals surface area (Å²) in [6.07, 6.45) is 1.64. The summed E-state index contributed by atoms with van der Waals surface area (Å²) in [5, 5.41) is 4.03. The van der Waals surface area contributed by atoms with Crippen LogP contribution in [0.2, 0.25) is 5.02 Å². The van der Waals surface area contributed by atoms with Crippen molar-refractivity contribution in [2.45, 2.75) is 59.0 Å². The number of amides is 1. The van der Waals surface area contributed by atoms with Gasteiger partial charge in [-0.05, 0) is 64.8 Å². The third-order valence-electron chi connectivity index (χ3n) is 7.25. The van der Waals surface area contributed by atoms with Gasteiger partial charge < -0.3 is 14.9 Å². The Kier molecular flexibility index (Phi) is 7.57. The normalized spacial score (nSPS) is 16.4. The number of alkyl halides is 2. The summed E-state index contributed by atoms with van der Waals surface area (Å²) in [6, 6.07) is 9.54. The number of piperidine rings is 1. The van der Waals surface area contributed by atoms with E-state index in [0.717, 1.165) is 36.4 Å². The molecule has 1 fully saturated rings. The number of hydrogen-bond donors (Lipinski definition) is 2. The number of aromatic amines is 1. The van der Waals surface area contributed by atoms with Crippen molar-refractivity contribution >= 4 is 28.4 Å². The number of rotatable bonds is 7. The number of nitrogens with one attached hydrogen (secondary N) is 2. The molecule has 6 nitrogen and oxygen atoms in total. The fourth-order valence-corrected chi connectivity index (χ4v) is 5.81. The number of benzene rings is 1. The Morgan fingerprint density at radius 1 is 1.25 bits per heavy atom. The summed E-state index contributed by atoms with van der Waals surface area (Å²) >= 11 is 6.25. The maximum Gasteiger partial charge on any atom is 0.257 e. The summed E-state index contributed by atoms with van der Waals surface area (Å²) < 4.78 is 29.1. The molecule has 2 aromatic heterocycles. The zero-order valence-corrected chi connectivity index (χ0v) is 21.9. The van der Waals surface area contributed by atoms with Crippen molar-refractivity contribution in [3.05, 3.63) is 68.2 Å². The molecule has 3 aromatic rings. The average Bonchev–Trinajstić information content (AvgIpc) is 3.09. The number of carbonyl (C=O) groups is 1. The number of aryl methyl sites for hydroxylation is 1. The summed E-state index contributed by atoms with van der Waals surface area (Å²) in [5.41, 5.74) is 3.02. The fourth-order valence-electron chi connectivity index (χ4n) is 5.50. The fraction of sp³-hybridized carbons (Fsp3) is 0.481. The standard InChI is InChI=1S/C27H33ClF2N4O2/c1-16-13-22(28)21(25(35)32-16)14-31-26(36)24-18(3)34(23-8-6-5-7-20(23)24)17(2)19-9-11-33(12-10-19)15-27(4,29)30/h5-8,13,17,19H,9-12,14-15H2,1-4H3,(H,31,36)(H,32,35). The molecule has 1 atom stereocenters. The van der Waals surface area contributed by atoms with Gasteiger partial charge in [-0.25, -0.2) is 8.78 Å². The van der Waals surface area contributed by atoms with Crippen LogP contribution in [-0.4, -0.2) is 45.9 Å². The lowest BCUT2D eigenvalue weighted by Gasteiger charge is -2.37. The second kappa shape index (κ2) is 10.3. The first-order valence-electron chi connectivity index (χ1n) is 12.3. The highest BCUT2D eigenvalue weighted by Gasteiger charge is 2.32. The largest absolute Gasteiger partial charge is 0.348 e. The molecule has 1 aliphatic rings. The van der Waals surface area contributed by atoms with Gasteiger partial charge in [0.2, 0.25) is 0 Å². The lowest BCUT2D eigenvalue weighted by atomic mass is 9.89. The molecule has 1 aromatic carbocycles. The van der Waals surface area contributed by atoms with Crippen molar-refractivity contribution in [2.75, 3.05) is 19.6 Å². The van der Waals surface area contributed by atoms with Crippen LogP contribution in [0.15, 0.2) is 35.1 Å². The minimum atomic E-state index is -2.69. The number of pyridine rings is 1. The highest BCUT2D eigenvalue weighted by Crippen LogP contribution is 2.36. The minimum absolute atomic E-state index is 0.0162. The molecular formula is C27H33ClF2N4O2. The Bertz CT molecular complexity index is 1320. The molecule has 1 amide bonds. The van der Waals surface area contributed by atoms with Gasteiger partial charge in [0.25, 0.3) is 17.4 Å². The van der Waals surface area contributed by atoms with E-state index in [0.29, 0.717) is 40.9 Å². The van der Waals surface area contributed by atoms with Crippen LogP contribution in [-0.2, 0) is 6.54 Å². The number of likely N-dealkylation sites (tertiary alicyclic amines) is 1. The molecule has 0 spiro atoms. The van der Waals surface area contributed by atoms with E-state index in [1.165, 1.54) is 0 Å². The van der Waals surface area contributed by atoms with Crippen molar-refractivity contribution in [1.29, 1.82) is 0 Å². The lowest BCUT2D eigenvalue weighted by Crippen LogP contribution is -2.41. The quantitative estimate of drug-likeness (QED) is 0.436. The van der Waals surface area contributed by atoms with E-state index < -0.39 is 5.92 Å². The van der Waals surface area contributed by atoms with Gasteiger partial charge in [-0.1, -0.05) is 29.8 Å². The Balaban J connectivity index is 1.57. The lowest BCUT2D eigenvalue weighted by molar-refractivity contribution is -0.0239. The summed E-state index contributed by atoms with van der Waals surface area (Å²) in [6.45, 7) is 7.86. The van der Waals surface area contributed by atoms with Crippen molar-refractivity contribution < 1.29 is 13.6 Å². The van der Waals surface area contributed by atoms with Gasteiger partial charge in [0, 0.05) is 35.3 Å². The predicted octanol–water partition coefficient (Wildman–Crippen LogP) is 5.46. The molecule has 9 heteroatoms. The predicted molar refractivity (Wildman–Crippen MR) is 139 cm³/mol. The van der Waals surface area contributed by atoms with Crippen LogP contribution in [0.4, 0.5) is 8.78 Å². The highest BCUT2D eigenvalue weighted by molar-refractivity contribution is 6.31. The van der Waals surface area contributed by atoms with Crippen molar-refractivity contribution in [3.63, 3.8) is 0 Å². The van der Waals surface area contributed by atoms with Gasteiger partial charge in [0.1, 0.15) is 0 Å². The molecule has 0 radical (unpaired) electrons. The first kappa shape index (κ1) is 26.4. The van der Waals surface area contributed by atoms with Crippen molar-refractivity contribution in [1.82, 2.24) is 19.8 Å². The first-order valence-corrected chi connectivity index (χ1v) is 12.7. The van der Waals surface area contributed by atoms with Crippen LogP contribution in [0.1, 0.15) is 60.0 Å². The Hall–Kier alpha value is -2.71. The first-order chi connectivity index (χ1) is 17.0. The van der Waals surface area contributed by atoms with Crippen molar-refractivity contribution in [2.24, 2.45) is 5.92 Å². The molecule has 1 saturated heterocycles. The van der Waals surface area contributed by atoms with E-state index in [1.54, 1.807) is 13.0 Å². The number of fused-ring (bicyclic) bond motifs is 1. The van der Waals surface area contributed by atoms with E-state index in [9.17, 15) is 18.4 Å². The molecule has 1 unspecified atom stereocenters. The zero-order valence-electron chi connectivity index (χ0n) is 21.1. The van der Waals surface area contributed by atoms with Gasteiger partial charge in [-0.15, -0.1) is 0 Å². The molecule has 4 rings (SSSR count). The van der Waals surface area contributed by atoms with Crippen LogP contribution in [0.3, 0.4) is 0 Å². The number of nitrogens with zero attached hydrogens (tertiary/aromatic N) is 2. The summed E-state index contributed by atoms with van der Waals surface area (Å²) in [4.78, 5) is 30.2. The third kappa shape index (κ3) is 5.49. The van der Waals surface area contributed by atoms with E-state index >= 15 is 0 Å². The molecule has 36 heavy (non-hydrogen) atoms. The molecule has 0 saturated carbocycles. The molecule has 0 bridgehead atoms. The second-order valence-corrected chi connectivity index (χ2v) is 10.5. The van der Waals surface area contributed by atoms with E-state index in [4.69, 9.17) is 11.6 Å². The van der Waals surface area contributed by atoms with Gasteiger partial charge in [0.05, 0.1) is 29.2 Å². The number of hydrogen-bond acceptors (Lipinski definition) is 3. The molecule has 2 N–H and O–H groups in total. The van der Waals surface area contributed by atoms with Gasteiger partial charge in [0.15, 0.2) is 0 Å². The van der Waals surface area contributed by atoms with Crippen molar-refractivity contribution in [3.8, 4) is 0 Å². The maximum absolute atomic E-state index is 13.5. The Morgan fingerprint density at radius 3 is 2.56 bits per heavy atom. The number of para-hydroxylation sites is 1. The van der Waals surface area contributed by atoms with Crippen LogP contribution >= 0.6 is 11.6 Å². The zero-order chi connectivity index (χ0) is 26.2. The SMILES string of the molecule is Cc1cc(Cl)c(CNC(=O)c2c(C)n(C(C)C3CCN(CC(C)(F)F)CC3)c3ccccc23)c(=O)[nH]1. The van der Waals surface area contributed by atoms with Crippen LogP contribution < -0.4 is 10.9 Å². The molecular weight excluding hydrogens is 486 g/mol. The maximum atomic E-state index is 13.5. The van der Waals surface area contributed by atoms with Gasteiger partial charge >= 0.3 is 0 Å². The molecule has 0 aliphatic carbocycles. The molecule has 194 valence electrons. The molecule has 3 heterocycles. The van der Waals surface area contributed by atoms with Crippen LogP contribution in [0, 0.1) is 19.8 Å². The minimum Gasteiger partial charge on any atom is -0.348 e. The number of carbonyl (C=O) groups excluding carboxylic acids is 1. The number of H-pyrrole nitrogens is 1. The molecule has 1 aliphatic heterocycles. The average molecular weight is 519 g/mol. The van der Waals surface area contributed by atoms with Gasteiger partial charge in [-0.3, -0.25) is 14.5 Å². The topological polar surface area (TPSA) is 70.1 Å². The number of halogens is 3. The van der Waals surface area contributed by atoms with Crippen LogP contribution in [0.5, 0.6) is 0 Å².